The third kappa shape index (κ3) is 4.51. The molecule has 0 fully saturated rings. The Morgan fingerprint density at radius 2 is 1.81 bits per heavy atom. The van der Waals surface area contributed by atoms with E-state index in [-0.39, 0.29) is 18.0 Å². The van der Waals surface area contributed by atoms with Crippen LogP contribution in [-0.4, -0.2) is 45.3 Å². The number of carbonyl (C=O) groups excluding carboxylic acids is 1. The van der Waals surface area contributed by atoms with Gasteiger partial charge in [0.2, 0.25) is 5.91 Å². The molecule has 160 valence electrons. The molecular formula is C24H27N5O2. The largest absolute Gasteiger partial charge is 0.354 e. The van der Waals surface area contributed by atoms with E-state index >= 15 is 0 Å². The van der Waals surface area contributed by atoms with Gasteiger partial charge in [0, 0.05) is 36.4 Å². The van der Waals surface area contributed by atoms with E-state index in [9.17, 15) is 9.59 Å². The second-order valence-corrected chi connectivity index (χ2v) is 7.87. The lowest BCUT2D eigenvalue weighted by Gasteiger charge is -2.16. The number of hydrogen-bond donors (Lipinski definition) is 1. The lowest BCUT2D eigenvalue weighted by molar-refractivity contribution is -0.121. The van der Waals surface area contributed by atoms with Crippen LogP contribution >= 0.6 is 0 Å². The first kappa shape index (κ1) is 20.8. The van der Waals surface area contributed by atoms with Gasteiger partial charge in [-0.3, -0.25) is 9.59 Å². The summed E-state index contributed by atoms with van der Waals surface area (Å²) in [6, 6.07) is 18.1. The number of nitrogens with one attached hydrogen (secondary N) is 1. The molecule has 0 aliphatic heterocycles. The molecule has 4 aromatic rings. The van der Waals surface area contributed by atoms with Crippen LogP contribution in [0.5, 0.6) is 0 Å². The van der Waals surface area contributed by atoms with Crippen LogP contribution in [0.25, 0.3) is 21.8 Å². The van der Waals surface area contributed by atoms with Crippen molar-refractivity contribution in [2.45, 2.75) is 19.5 Å². The average Bonchev–Trinajstić information content (AvgIpc) is 3.07. The minimum atomic E-state index is -0.256. The number of fused-ring (bicyclic) bond motifs is 3. The summed E-state index contributed by atoms with van der Waals surface area (Å²) in [5.41, 5.74) is 2.54. The first-order valence-electron chi connectivity index (χ1n) is 10.5. The van der Waals surface area contributed by atoms with E-state index in [1.54, 1.807) is 6.20 Å². The Hall–Kier alpha value is -3.45. The Kier molecular flexibility index (Phi) is 6.13. The summed E-state index contributed by atoms with van der Waals surface area (Å²) in [4.78, 5) is 27.5. The molecular weight excluding hydrogens is 390 g/mol. The number of rotatable bonds is 8. The van der Waals surface area contributed by atoms with E-state index in [0.29, 0.717) is 12.1 Å². The number of hydrogen-bond acceptors (Lipinski definition) is 4. The van der Waals surface area contributed by atoms with Gasteiger partial charge in [-0.15, -0.1) is 0 Å². The monoisotopic (exact) mass is 417 g/mol. The average molecular weight is 418 g/mol. The van der Waals surface area contributed by atoms with Gasteiger partial charge in [0.15, 0.2) is 0 Å². The number of aryl methyl sites for hydroxylation is 1. The minimum Gasteiger partial charge on any atom is -0.354 e. The van der Waals surface area contributed by atoms with E-state index in [1.807, 2.05) is 54.1 Å². The Morgan fingerprint density at radius 3 is 2.61 bits per heavy atom. The number of benzene rings is 2. The summed E-state index contributed by atoms with van der Waals surface area (Å²) < 4.78 is 3.10. The van der Waals surface area contributed by atoms with Crippen LogP contribution in [0.4, 0.5) is 0 Å². The molecule has 0 aliphatic carbocycles. The highest BCUT2D eigenvalue weighted by molar-refractivity contribution is 6.07. The molecule has 2 heterocycles. The topological polar surface area (TPSA) is 72.2 Å². The second kappa shape index (κ2) is 9.14. The highest BCUT2D eigenvalue weighted by atomic mass is 16.2. The Balaban J connectivity index is 1.33. The maximum absolute atomic E-state index is 12.9. The summed E-state index contributed by atoms with van der Waals surface area (Å²) in [6.07, 6.45) is 2.50. The van der Waals surface area contributed by atoms with Crippen molar-refractivity contribution in [3.05, 3.63) is 76.7 Å². The van der Waals surface area contributed by atoms with Crippen LogP contribution in [-0.2, 0) is 24.9 Å². The molecule has 31 heavy (non-hydrogen) atoms. The Bertz CT molecular complexity index is 1260. The first-order chi connectivity index (χ1) is 15.0. The predicted octanol–water partition coefficient (Wildman–Crippen LogP) is 2.53. The van der Waals surface area contributed by atoms with Crippen molar-refractivity contribution in [2.75, 3.05) is 20.1 Å². The SMILES string of the molecule is CN(CCCNC(=O)Cn1ncc2c3ccccc3n(C)c2c1=O)Cc1ccccc1. The number of aromatic nitrogens is 3. The maximum Gasteiger partial charge on any atom is 0.291 e. The summed E-state index contributed by atoms with van der Waals surface area (Å²) in [6.45, 7) is 2.22. The second-order valence-electron chi connectivity index (χ2n) is 7.87. The summed E-state index contributed by atoms with van der Waals surface area (Å²) in [7, 11) is 3.93. The molecule has 0 radical (unpaired) electrons. The third-order valence-corrected chi connectivity index (χ3v) is 5.54. The van der Waals surface area contributed by atoms with Gasteiger partial charge in [0.05, 0.1) is 6.20 Å². The van der Waals surface area contributed by atoms with E-state index in [1.165, 1.54) is 10.2 Å². The number of para-hydroxylation sites is 1. The van der Waals surface area contributed by atoms with Gasteiger partial charge in [0.1, 0.15) is 12.1 Å². The number of amides is 1. The smallest absolute Gasteiger partial charge is 0.291 e. The molecule has 0 unspecified atom stereocenters. The third-order valence-electron chi connectivity index (χ3n) is 5.54. The van der Waals surface area contributed by atoms with Crippen molar-refractivity contribution in [3.8, 4) is 0 Å². The van der Waals surface area contributed by atoms with Crippen LogP contribution in [0.3, 0.4) is 0 Å². The molecule has 4 rings (SSSR count). The zero-order valence-electron chi connectivity index (χ0n) is 17.9. The van der Waals surface area contributed by atoms with E-state index < -0.39 is 0 Å². The van der Waals surface area contributed by atoms with Crippen molar-refractivity contribution in [2.24, 2.45) is 7.05 Å². The quantitative estimate of drug-likeness (QED) is 0.447. The Labute approximate surface area is 180 Å². The van der Waals surface area contributed by atoms with Crippen LogP contribution in [0.2, 0.25) is 0 Å². The van der Waals surface area contributed by atoms with Gasteiger partial charge < -0.3 is 14.8 Å². The fourth-order valence-corrected chi connectivity index (χ4v) is 3.97. The molecule has 2 aromatic heterocycles. The number of carbonyl (C=O) groups is 1. The molecule has 2 aromatic carbocycles. The molecule has 1 amide bonds. The molecule has 0 spiro atoms. The van der Waals surface area contributed by atoms with Gasteiger partial charge in [0.25, 0.3) is 5.56 Å². The fraction of sp³-hybridized carbons (Fsp3) is 0.292. The van der Waals surface area contributed by atoms with E-state index in [2.05, 4.69) is 34.5 Å². The van der Waals surface area contributed by atoms with Crippen molar-refractivity contribution in [1.82, 2.24) is 24.6 Å². The molecule has 0 atom stereocenters. The van der Waals surface area contributed by atoms with Gasteiger partial charge in [-0.2, -0.15) is 5.10 Å². The lowest BCUT2D eigenvalue weighted by Crippen LogP contribution is -2.35. The standard InChI is InChI=1S/C24H27N5O2/c1-27(16-18-9-4-3-5-10-18)14-8-13-25-22(30)17-29-24(31)23-20(15-26-29)19-11-6-7-12-21(19)28(23)2/h3-7,9-12,15H,8,13-14,16-17H2,1-2H3,(H,25,30). The molecule has 0 saturated carbocycles. The van der Waals surface area contributed by atoms with Crippen LogP contribution in [0, 0.1) is 0 Å². The first-order valence-corrected chi connectivity index (χ1v) is 10.5. The zero-order chi connectivity index (χ0) is 21.8. The lowest BCUT2D eigenvalue weighted by atomic mass is 10.2. The number of nitrogens with zero attached hydrogens (tertiary/aromatic N) is 4. The molecule has 7 nitrogen and oxygen atoms in total. The predicted molar refractivity (Wildman–Crippen MR) is 123 cm³/mol. The van der Waals surface area contributed by atoms with Gasteiger partial charge >= 0.3 is 0 Å². The highest BCUT2D eigenvalue weighted by Gasteiger charge is 2.14. The minimum absolute atomic E-state index is 0.0871. The summed E-state index contributed by atoms with van der Waals surface area (Å²) in [5, 5.41) is 8.92. The van der Waals surface area contributed by atoms with E-state index in [0.717, 1.165) is 35.8 Å². The van der Waals surface area contributed by atoms with Crippen LogP contribution in [0.15, 0.2) is 65.6 Å². The summed E-state index contributed by atoms with van der Waals surface area (Å²) >= 11 is 0. The van der Waals surface area contributed by atoms with Crippen LogP contribution < -0.4 is 10.9 Å². The molecule has 7 heteroatoms. The van der Waals surface area contributed by atoms with Crippen molar-refractivity contribution < 1.29 is 4.79 Å². The molecule has 0 saturated heterocycles. The van der Waals surface area contributed by atoms with Gasteiger partial charge in [-0.05, 0) is 31.6 Å². The molecule has 0 bridgehead atoms. The molecule has 1 N–H and O–H groups in total. The van der Waals surface area contributed by atoms with Crippen molar-refractivity contribution >= 4 is 27.7 Å². The van der Waals surface area contributed by atoms with Crippen molar-refractivity contribution in [1.29, 1.82) is 0 Å². The summed E-state index contributed by atoms with van der Waals surface area (Å²) in [5.74, 6) is -0.210. The Morgan fingerprint density at radius 1 is 1.06 bits per heavy atom. The van der Waals surface area contributed by atoms with E-state index in [4.69, 9.17) is 0 Å². The molecule has 0 aliphatic rings. The van der Waals surface area contributed by atoms with Gasteiger partial charge in [-0.1, -0.05) is 48.5 Å². The zero-order valence-corrected chi connectivity index (χ0v) is 17.9. The van der Waals surface area contributed by atoms with Crippen LogP contribution in [0.1, 0.15) is 12.0 Å². The highest BCUT2D eigenvalue weighted by Crippen LogP contribution is 2.24. The van der Waals surface area contributed by atoms with Gasteiger partial charge in [-0.25, -0.2) is 4.68 Å². The van der Waals surface area contributed by atoms with Crippen molar-refractivity contribution in [3.63, 3.8) is 0 Å². The normalized spacial score (nSPS) is 11.5. The fourth-order valence-electron chi connectivity index (χ4n) is 3.97. The maximum atomic E-state index is 12.9.